The van der Waals surface area contributed by atoms with Crippen LogP contribution in [0.5, 0.6) is 0 Å². The summed E-state index contributed by atoms with van der Waals surface area (Å²) in [5.41, 5.74) is 0.907. The van der Waals surface area contributed by atoms with E-state index >= 15 is 0 Å². The van der Waals surface area contributed by atoms with Gasteiger partial charge >= 0.3 is 5.97 Å². The fourth-order valence-electron chi connectivity index (χ4n) is 4.21. The van der Waals surface area contributed by atoms with Gasteiger partial charge in [-0.25, -0.2) is 4.79 Å². The molecule has 9 heteroatoms. The summed E-state index contributed by atoms with van der Waals surface area (Å²) in [6.45, 7) is 4.14. The molecule has 2 aliphatic rings. The SMILES string of the molecule is COC(=O)c1ccc([C@H]2C(C(=O)c3ccco3)=C(O)C(=O)N2CCCN2CCOCC2)cc1. The van der Waals surface area contributed by atoms with Crippen molar-refractivity contribution in [2.24, 2.45) is 0 Å². The minimum atomic E-state index is -0.800. The Kier molecular flexibility index (Phi) is 6.90. The number of amides is 1. The lowest BCUT2D eigenvalue weighted by molar-refractivity contribution is -0.129. The molecule has 1 saturated heterocycles. The third-order valence-electron chi connectivity index (χ3n) is 5.92. The van der Waals surface area contributed by atoms with Crippen LogP contribution in [0.25, 0.3) is 0 Å². The average molecular weight is 454 g/mol. The number of aliphatic hydroxyl groups excluding tert-OH is 1. The van der Waals surface area contributed by atoms with Gasteiger partial charge in [0.25, 0.3) is 5.91 Å². The first kappa shape index (κ1) is 22.8. The zero-order valence-electron chi connectivity index (χ0n) is 18.4. The standard InChI is InChI=1S/C24H26N2O7/c1-31-24(30)17-7-5-16(6-8-17)20-19(21(27)18-4-2-13-33-18)22(28)23(29)26(20)10-3-9-25-11-14-32-15-12-25/h2,4-8,13,20,28H,3,9-12,14-15H2,1H3/t20-/m0/s1. The van der Waals surface area contributed by atoms with Crippen molar-refractivity contribution >= 4 is 17.7 Å². The van der Waals surface area contributed by atoms with Gasteiger partial charge in [-0.3, -0.25) is 14.5 Å². The molecule has 1 aromatic heterocycles. The molecular formula is C24H26N2O7. The number of ether oxygens (including phenoxy) is 2. The summed E-state index contributed by atoms with van der Waals surface area (Å²) in [5, 5.41) is 10.7. The summed E-state index contributed by atoms with van der Waals surface area (Å²) in [4.78, 5) is 41.7. The summed E-state index contributed by atoms with van der Waals surface area (Å²) in [6.07, 6.45) is 2.03. The second-order valence-corrected chi connectivity index (χ2v) is 7.89. The number of carbonyl (C=O) groups is 3. The van der Waals surface area contributed by atoms with E-state index in [0.29, 0.717) is 37.3 Å². The van der Waals surface area contributed by atoms with E-state index in [1.54, 1.807) is 30.3 Å². The van der Waals surface area contributed by atoms with Crippen LogP contribution < -0.4 is 0 Å². The van der Waals surface area contributed by atoms with Gasteiger partial charge in [0, 0.05) is 26.2 Å². The number of ketones is 1. The summed E-state index contributed by atoms with van der Waals surface area (Å²) in [7, 11) is 1.29. The van der Waals surface area contributed by atoms with Crippen molar-refractivity contribution in [2.45, 2.75) is 12.5 Å². The third-order valence-corrected chi connectivity index (χ3v) is 5.92. The smallest absolute Gasteiger partial charge is 0.337 e. The van der Waals surface area contributed by atoms with E-state index in [1.165, 1.54) is 24.3 Å². The zero-order valence-corrected chi connectivity index (χ0v) is 18.4. The van der Waals surface area contributed by atoms with Crippen LogP contribution in [0.15, 0.2) is 58.4 Å². The summed E-state index contributed by atoms with van der Waals surface area (Å²) < 4.78 is 15.3. The second-order valence-electron chi connectivity index (χ2n) is 7.89. The van der Waals surface area contributed by atoms with Gasteiger partial charge < -0.3 is 23.9 Å². The van der Waals surface area contributed by atoms with E-state index in [1.807, 2.05) is 0 Å². The van der Waals surface area contributed by atoms with Crippen LogP contribution in [-0.4, -0.2) is 79.1 Å². The van der Waals surface area contributed by atoms with Crippen LogP contribution in [0.3, 0.4) is 0 Å². The van der Waals surface area contributed by atoms with Gasteiger partial charge in [-0.05, 0) is 36.2 Å². The van der Waals surface area contributed by atoms with Gasteiger partial charge in [-0.15, -0.1) is 0 Å². The molecule has 0 aliphatic carbocycles. The van der Waals surface area contributed by atoms with Crippen molar-refractivity contribution in [2.75, 3.05) is 46.5 Å². The maximum atomic E-state index is 13.1. The van der Waals surface area contributed by atoms with E-state index in [-0.39, 0.29) is 11.3 Å². The highest BCUT2D eigenvalue weighted by Crippen LogP contribution is 2.39. The predicted molar refractivity (Wildman–Crippen MR) is 117 cm³/mol. The Bertz CT molecular complexity index is 1040. The molecular weight excluding hydrogens is 428 g/mol. The second kappa shape index (κ2) is 10.0. The number of Topliss-reactive ketones (excluding diaryl/α,β-unsaturated/α-hetero) is 1. The van der Waals surface area contributed by atoms with Crippen LogP contribution in [0.4, 0.5) is 0 Å². The van der Waals surface area contributed by atoms with E-state index in [4.69, 9.17) is 13.9 Å². The fourth-order valence-corrected chi connectivity index (χ4v) is 4.21. The molecule has 33 heavy (non-hydrogen) atoms. The van der Waals surface area contributed by atoms with Gasteiger partial charge in [0.2, 0.25) is 5.78 Å². The molecule has 1 aromatic carbocycles. The summed E-state index contributed by atoms with van der Waals surface area (Å²) in [6, 6.07) is 8.73. The summed E-state index contributed by atoms with van der Waals surface area (Å²) >= 11 is 0. The normalized spacial score (nSPS) is 19.2. The first-order valence-corrected chi connectivity index (χ1v) is 10.8. The van der Waals surface area contributed by atoms with Crippen LogP contribution in [0.2, 0.25) is 0 Å². The number of esters is 1. The topological polar surface area (TPSA) is 110 Å². The molecule has 0 saturated carbocycles. The van der Waals surface area contributed by atoms with Crippen molar-refractivity contribution < 1.29 is 33.4 Å². The van der Waals surface area contributed by atoms with Crippen LogP contribution in [-0.2, 0) is 14.3 Å². The van der Waals surface area contributed by atoms with Crippen LogP contribution >= 0.6 is 0 Å². The Morgan fingerprint density at radius 2 is 1.85 bits per heavy atom. The highest BCUT2D eigenvalue weighted by molar-refractivity contribution is 6.15. The first-order valence-electron chi connectivity index (χ1n) is 10.8. The quantitative estimate of drug-likeness (QED) is 0.478. The minimum absolute atomic E-state index is 0.0351. The van der Waals surface area contributed by atoms with Crippen molar-refractivity contribution in [3.8, 4) is 0 Å². The molecule has 2 aromatic rings. The lowest BCUT2D eigenvalue weighted by Gasteiger charge is -2.30. The molecule has 0 bridgehead atoms. The number of carbonyl (C=O) groups excluding carboxylic acids is 3. The Labute approximate surface area is 191 Å². The van der Waals surface area contributed by atoms with Gasteiger partial charge in [-0.1, -0.05) is 12.1 Å². The van der Waals surface area contributed by atoms with Crippen molar-refractivity contribution in [3.63, 3.8) is 0 Å². The highest BCUT2D eigenvalue weighted by atomic mass is 16.5. The summed E-state index contributed by atoms with van der Waals surface area (Å²) in [5.74, 6) is -2.19. The monoisotopic (exact) mass is 454 g/mol. The predicted octanol–water partition coefficient (Wildman–Crippen LogP) is 2.37. The third kappa shape index (κ3) is 4.69. The molecule has 4 rings (SSSR count). The number of hydrogen-bond donors (Lipinski definition) is 1. The highest BCUT2D eigenvalue weighted by Gasteiger charge is 2.44. The average Bonchev–Trinajstić information content (AvgIpc) is 3.47. The Hall–Kier alpha value is -3.43. The maximum absolute atomic E-state index is 13.1. The van der Waals surface area contributed by atoms with Crippen LogP contribution in [0.1, 0.15) is 38.9 Å². The lowest BCUT2D eigenvalue weighted by Crippen LogP contribution is -2.39. The Morgan fingerprint density at radius 1 is 1.12 bits per heavy atom. The number of nitrogens with zero attached hydrogens (tertiary/aromatic N) is 2. The lowest BCUT2D eigenvalue weighted by atomic mass is 9.94. The molecule has 0 unspecified atom stereocenters. The van der Waals surface area contributed by atoms with E-state index in [9.17, 15) is 19.5 Å². The van der Waals surface area contributed by atoms with Crippen molar-refractivity contribution in [3.05, 3.63) is 70.9 Å². The zero-order chi connectivity index (χ0) is 23.4. The van der Waals surface area contributed by atoms with Gasteiger partial charge in [0.05, 0.1) is 43.8 Å². The number of furan rings is 1. The molecule has 2 aliphatic heterocycles. The van der Waals surface area contributed by atoms with Crippen LogP contribution in [0, 0.1) is 0 Å². The Morgan fingerprint density at radius 3 is 2.48 bits per heavy atom. The number of aliphatic hydroxyl groups is 1. The molecule has 0 spiro atoms. The van der Waals surface area contributed by atoms with Gasteiger partial charge in [-0.2, -0.15) is 0 Å². The van der Waals surface area contributed by atoms with E-state index in [2.05, 4.69) is 4.90 Å². The van der Waals surface area contributed by atoms with E-state index < -0.39 is 29.5 Å². The molecule has 1 amide bonds. The largest absolute Gasteiger partial charge is 0.503 e. The number of hydrogen-bond acceptors (Lipinski definition) is 8. The molecule has 1 atom stereocenters. The van der Waals surface area contributed by atoms with Crippen molar-refractivity contribution in [1.82, 2.24) is 9.80 Å². The molecule has 3 heterocycles. The molecule has 0 radical (unpaired) electrons. The van der Waals surface area contributed by atoms with Gasteiger partial charge in [0.15, 0.2) is 11.5 Å². The molecule has 1 N–H and O–H groups in total. The maximum Gasteiger partial charge on any atom is 0.337 e. The first-order chi connectivity index (χ1) is 16.0. The van der Waals surface area contributed by atoms with E-state index in [0.717, 1.165) is 19.6 Å². The molecule has 9 nitrogen and oxygen atoms in total. The molecule has 1 fully saturated rings. The number of methoxy groups -OCH3 is 1. The number of benzene rings is 1. The van der Waals surface area contributed by atoms with Crippen molar-refractivity contribution in [1.29, 1.82) is 0 Å². The number of rotatable bonds is 8. The number of morpholine rings is 1. The van der Waals surface area contributed by atoms with Gasteiger partial charge in [0.1, 0.15) is 0 Å². The Balaban J connectivity index is 1.61. The minimum Gasteiger partial charge on any atom is -0.503 e. The fraction of sp³-hybridized carbons (Fsp3) is 0.375. The molecule has 174 valence electrons.